The SMILES string of the molecule is Cc1cccc(CNc2cc(C(=O)Nc3c(F)cccc3F)ncn2)c1. The van der Waals surface area contributed by atoms with Gasteiger partial charge in [0.15, 0.2) is 0 Å². The van der Waals surface area contributed by atoms with Gasteiger partial charge < -0.3 is 10.6 Å². The number of nitrogens with one attached hydrogen (secondary N) is 2. The second-order valence-corrected chi connectivity index (χ2v) is 5.68. The highest BCUT2D eigenvalue weighted by molar-refractivity contribution is 6.03. The molecule has 1 aromatic heterocycles. The summed E-state index contributed by atoms with van der Waals surface area (Å²) in [5.74, 6) is -2.01. The van der Waals surface area contributed by atoms with Crippen molar-refractivity contribution in [2.45, 2.75) is 13.5 Å². The van der Waals surface area contributed by atoms with E-state index in [0.717, 1.165) is 23.3 Å². The molecule has 0 radical (unpaired) electrons. The molecule has 0 fully saturated rings. The van der Waals surface area contributed by atoms with Gasteiger partial charge in [0.05, 0.1) is 0 Å². The van der Waals surface area contributed by atoms with Gasteiger partial charge in [-0.15, -0.1) is 0 Å². The minimum Gasteiger partial charge on any atom is -0.366 e. The molecule has 1 heterocycles. The van der Waals surface area contributed by atoms with E-state index in [0.29, 0.717) is 12.4 Å². The third-order valence-corrected chi connectivity index (χ3v) is 3.66. The summed E-state index contributed by atoms with van der Waals surface area (Å²) in [7, 11) is 0. The fourth-order valence-electron chi connectivity index (χ4n) is 2.39. The maximum Gasteiger partial charge on any atom is 0.274 e. The number of rotatable bonds is 5. The number of anilines is 2. The Labute approximate surface area is 149 Å². The maximum atomic E-state index is 13.6. The van der Waals surface area contributed by atoms with Crippen molar-refractivity contribution < 1.29 is 13.6 Å². The van der Waals surface area contributed by atoms with Gasteiger partial charge in [0.25, 0.3) is 5.91 Å². The average Bonchev–Trinajstić information content (AvgIpc) is 2.63. The predicted molar refractivity (Wildman–Crippen MR) is 94.8 cm³/mol. The van der Waals surface area contributed by atoms with Gasteiger partial charge in [-0.1, -0.05) is 35.9 Å². The van der Waals surface area contributed by atoms with Gasteiger partial charge in [-0.2, -0.15) is 0 Å². The Morgan fingerprint density at radius 2 is 1.77 bits per heavy atom. The van der Waals surface area contributed by atoms with E-state index < -0.39 is 23.2 Å². The summed E-state index contributed by atoms with van der Waals surface area (Å²) in [5, 5.41) is 5.29. The van der Waals surface area contributed by atoms with Gasteiger partial charge in [0, 0.05) is 12.6 Å². The number of hydrogen-bond donors (Lipinski definition) is 2. The second kappa shape index (κ2) is 7.69. The summed E-state index contributed by atoms with van der Waals surface area (Å²) in [6, 6.07) is 12.7. The Hall–Kier alpha value is -3.35. The first-order valence-corrected chi connectivity index (χ1v) is 7.90. The minimum absolute atomic E-state index is 0.00519. The van der Waals surface area contributed by atoms with E-state index in [1.807, 2.05) is 31.2 Å². The van der Waals surface area contributed by atoms with E-state index in [1.165, 1.54) is 18.5 Å². The molecule has 0 saturated heterocycles. The number of carbonyl (C=O) groups excluding carboxylic acids is 1. The van der Waals surface area contributed by atoms with Crippen LogP contribution in [0.3, 0.4) is 0 Å². The molecule has 0 aliphatic carbocycles. The number of carbonyl (C=O) groups is 1. The first-order valence-electron chi connectivity index (χ1n) is 7.90. The molecule has 3 rings (SSSR count). The molecule has 3 aromatic rings. The zero-order valence-corrected chi connectivity index (χ0v) is 14.0. The van der Waals surface area contributed by atoms with Gasteiger partial charge in [-0.05, 0) is 24.6 Å². The van der Waals surface area contributed by atoms with Crippen LogP contribution in [-0.2, 0) is 6.54 Å². The van der Waals surface area contributed by atoms with E-state index in [9.17, 15) is 13.6 Å². The molecule has 0 atom stereocenters. The molecule has 0 spiro atoms. The molecule has 0 unspecified atom stereocenters. The zero-order valence-electron chi connectivity index (χ0n) is 14.0. The van der Waals surface area contributed by atoms with Crippen molar-refractivity contribution in [1.29, 1.82) is 0 Å². The Kier molecular flexibility index (Phi) is 5.17. The fourth-order valence-corrected chi connectivity index (χ4v) is 2.39. The Balaban J connectivity index is 1.71. The van der Waals surface area contributed by atoms with Crippen LogP contribution < -0.4 is 10.6 Å². The van der Waals surface area contributed by atoms with E-state index in [2.05, 4.69) is 20.6 Å². The van der Waals surface area contributed by atoms with Crippen molar-refractivity contribution in [1.82, 2.24) is 9.97 Å². The van der Waals surface area contributed by atoms with Crippen LogP contribution in [0.5, 0.6) is 0 Å². The van der Waals surface area contributed by atoms with Crippen LogP contribution in [0.4, 0.5) is 20.3 Å². The summed E-state index contributed by atoms with van der Waals surface area (Å²) >= 11 is 0. The van der Waals surface area contributed by atoms with Crippen LogP contribution in [-0.4, -0.2) is 15.9 Å². The van der Waals surface area contributed by atoms with Crippen LogP contribution in [0, 0.1) is 18.6 Å². The molecule has 0 saturated carbocycles. The first kappa shape index (κ1) is 17.5. The van der Waals surface area contributed by atoms with Crippen molar-refractivity contribution in [3.63, 3.8) is 0 Å². The molecule has 2 N–H and O–H groups in total. The van der Waals surface area contributed by atoms with Crippen LogP contribution in [0.2, 0.25) is 0 Å². The van der Waals surface area contributed by atoms with Crippen LogP contribution in [0.25, 0.3) is 0 Å². The molecule has 0 bridgehead atoms. The summed E-state index contributed by atoms with van der Waals surface area (Å²) in [5.41, 5.74) is 1.68. The van der Waals surface area contributed by atoms with Crippen molar-refractivity contribution in [3.8, 4) is 0 Å². The van der Waals surface area contributed by atoms with Gasteiger partial charge in [-0.3, -0.25) is 4.79 Å². The minimum atomic E-state index is -0.856. The summed E-state index contributed by atoms with van der Waals surface area (Å²) in [6.45, 7) is 2.51. The normalized spacial score (nSPS) is 10.4. The third-order valence-electron chi connectivity index (χ3n) is 3.66. The molecule has 132 valence electrons. The molecule has 0 aliphatic rings. The van der Waals surface area contributed by atoms with Gasteiger partial charge >= 0.3 is 0 Å². The zero-order chi connectivity index (χ0) is 18.5. The molecule has 1 amide bonds. The lowest BCUT2D eigenvalue weighted by Gasteiger charge is -2.09. The van der Waals surface area contributed by atoms with E-state index in [1.54, 1.807) is 0 Å². The summed E-state index contributed by atoms with van der Waals surface area (Å²) in [4.78, 5) is 20.1. The number of nitrogens with zero attached hydrogens (tertiary/aromatic N) is 2. The number of halogens is 2. The number of aromatic nitrogens is 2. The lowest BCUT2D eigenvalue weighted by Crippen LogP contribution is -2.16. The van der Waals surface area contributed by atoms with Crippen molar-refractivity contribution in [2.24, 2.45) is 0 Å². The smallest absolute Gasteiger partial charge is 0.274 e. The van der Waals surface area contributed by atoms with Crippen molar-refractivity contribution in [2.75, 3.05) is 10.6 Å². The second-order valence-electron chi connectivity index (χ2n) is 5.68. The molecular weight excluding hydrogens is 338 g/mol. The fraction of sp³-hybridized carbons (Fsp3) is 0.105. The van der Waals surface area contributed by atoms with Crippen molar-refractivity contribution in [3.05, 3.63) is 83.3 Å². The Morgan fingerprint density at radius 1 is 1.04 bits per heavy atom. The highest BCUT2D eigenvalue weighted by Crippen LogP contribution is 2.19. The highest BCUT2D eigenvalue weighted by atomic mass is 19.1. The predicted octanol–water partition coefficient (Wildman–Crippen LogP) is 3.93. The lowest BCUT2D eigenvalue weighted by molar-refractivity contribution is 0.102. The number of para-hydroxylation sites is 1. The number of aryl methyl sites for hydroxylation is 1. The molecule has 26 heavy (non-hydrogen) atoms. The van der Waals surface area contributed by atoms with Crippen LogP contribution in [0.15, 0.2) is 54.9 Å². The molecule has 2 aromatic carbocycles. The summed E-state index contributed by atoms with van der Waals surface area (Å²) < 4.78 is 27.3. The van der Waals surface area contributed by atoms with Gasteiger partial charge in [0.2, 0.25) is 0 Å². The highest BCUT2D eigenvalue weighted by Gasteiger charge is 2.15. The molecule has 0 aliphatic heterocycles. The largest absolute Gasteiger partial charge is 0.366 e. The maximum absolute atomic E-state index is 13.6. The third kappa shape index (κ3) is 4.18. The quantitative estimate of drug-likeness (QED) is 0.729. The monoisotopic (exact) mass is 354 g/mol. The number of amides is 1. The van der Waals surface area contributed by atoms with E-state index >= 15 is 0 Å². The first-order chi connectivity index (χ1) is 12.5. The standard InChI is InChI=1S/C19H16F2N4O/c1-12-4-2-5-13(8-12)10-22-17-9-16(23-11-24-17)19(26)25-18-14(20)6-3-7-15(18)21/h2-9,11H,10H2,1H3,(H,25,26)(H,22,23,24). The summed E-state index contributed by atoms with van der Waals surface area (Å²) in [6.07, 6.45) is 1.21. The van der Waals surface area contributed by atoms with Gasteiger partial charge in [0.1, 0.15) is 35.2 Å². The lowest BCUT2D eigenvalue weighted by atomic mass is 10.1. The Morgan fingerprint density at radius 3 is 2.50 bits per heavy atom. The average molecular weight is 354 g/mol. The van der Waals surface area contributed by atoms with E-state index in [-0.39, 0.29) is 5.69 Å². The molecule has 5 nitrogen and oxygen atoms in total. The topological polar surface area (TPSA) is 66.9 Å². The Bertz CT molecular complexity index is 926. The number of benzene rings is 2. The molecule has 7 heteroatoms. The van der Waals surface area contributed by atoms with Crippen molar-refractivity contribution >= 4 is 17.4 Å². The van der Waals surface area contributed by atoms with Gasteiger partial charge in [-0.25, -0.2) is 18.7 Å². The molecular formula is C19H16F2N4O. The number of hydrogen-bond acceptors (Lipinski definition) is 4. The van der Waals surface area contributed by atoms with Crippen LogP contribution in [0.1, 0.15) is 21.6 Å². The van der Waals surface area contributed by atoms with Crippen LogP contribution >= 0.6 is 0 Å². The van der Waals surface area contributed by atoms with E-state index in [4.69, 9.17) is 0 Å².